The molecule has 0 unspecified atom stereocenters. The number of hydrogen-bond acceptors (Lipinski definition) is 4. The summed E-state index contributed by atoms with van der Waals surface area (Å²) in [5.74, 6) is 0. The first-order valence-electron chi connectivity index (χ1n) is 12.3. The normalized spacial score (nSPS) is 11.6. The van der Waals surface area contributed by atoms with Gasteiger partial charge in [-0.25, -0.2) is 0 Å². The third-order valence-electron chi connectivity index (χ3n) is 6.65. The van der Waals surface area contributed by atoms with E-state index in [0.29, 0.717) is 6.61 Å². The predicted octanol–water partition coefficient (Wildman–Crippen LogP) is 10.2. The summed E-state index contributed by atoms with van der Waals surface area (Å²) >= 11 is 5.29. The summed E-state index contributed by atoms with van der Waals surface area (Å²) in [4.78, 5) is 3.82. The molecule has 0 spiro atoms. The van der Waals surface area contributed by atoms with E-state index in [9.17, 15) is 0 Å². The molecule has 0 N–H and O–H groups in total. The standard InChI is InChI=1S/C33H26OS3/c1-2-34-33(27-15-9-24(10-16-27)30-6-3-21-35-30,28-17-11-25(12-18-28)31-7-4-22-36-31)29-19-13-26(14-20-29)32-8-5-23-37-32/h3-23H,2H2,1H3. The van der Waals surface area contributed by atoms with Crippen LogP contribution in [0.15, 0.2) is 125 Å². The van der Waals surface area contributed by atoms with Gasteiger partial charge < -0.3 is 4.74 Å². The average Bonchev–Trinajstić information content (AvgIpc) is 3.76. The summed E-state index contributed by atoms with van der Waals surface area (Å²) in [6.45, 7) is 2.67. The molecule has 0 bridgehead atoms. The molecule has 3 heterocycles. The van der Waals surface area contributed by atoms with Crippen molar-refractivity contribution in [3.05, 3.63) is 142 Å². The van der Waals surface area contributed by atoms with Crippen molar-refractivity contribution in [2.45, 2.75) is 12.5 Å². The molecule has 1 nitrogen and oxygen atoms in total. The van der Waals surface area contributed by atoms with Gasteiger partial charge in [0.1, 0.15) is 5.60 Å². The quantitative estimate of drug-likeness (QED) is 0.177. The van der Waals surface area contributed by atoms with E-state index >= 15 is 0 Å². The maximum absolute atomic E-state index is 6.79. The Morgan fingerprint density at radius 1 is 0.486 bits per heavy atom. The summed E-state index contributed by atoms with van der Waals surface area (Å²) in [6, 6.07) is 39.5. The third-order valence-corrected chi connectivity index (χ3v) is 9.41. The lowest BCUT2D eigenvalue weighted by Gasteiger charge is -2.36. The molecule has 0 saturated heterocycles. The van der Waals surface area contributed by atoms with Gasteiger partial charge >= 0.3 is 0 Å². The van der Waals surface area contributed by atoms with Gasteiger partial charge in [0.15, 0.2) is 0 Å². The van der Waals surface area contributed by atoms with E-state index < -0.39 is 5.60 Å². The number of ether oxygens (including phenoxy) is 1. The van der Waals surface area contributed by atoms with E-state index in [1.807, 2.05) is 0 Å². The maximum Gasteiger partial charge on any atom is 0.143 e. The van der Waals surface area contributed by atoms with E-state index in [1.165, 1.54) is 31.3 Å². The minimum absolute atomic E-state index is 0.589. The highest BCUT2D eigenvalue weighted by molar-refractivity contribution is 7.14. The molecule has 0 saturated carbocycles. The van der Waals surface area contributed by atoms with E-state index in [-0.39, 0.29) is 0 Å². The highest BCUT2D eigenvalue weighted by Crippen LogP contribution is 2.43. The van der Waals surface area contributed by atoms with Crippen LogP contribution in [0.1, 0.15) is 23.6 Å². The largest absolute Gasteiger partial charge is 0.361 e. The Morgan fingerprint density at radius 2 is 0.811 bits per heavy atom. The van der Waals surface area contributed by atoms with Crippen LogP contribution < -0.4 is 0 Å². The molecule has 6 rings (SSSR count). The number of rotatable bonds is 8. The van der Waals surface area contributed by atoms with Crippen molar-refractivity contribution < 1.29 is 4.74 Å². The van der Waals surface area contributed by atoms with Crippen molar-refractivity contribution in [1.82, 2.24) is 0 Å². The van der Waals surface area contributed by atoms with Crippen molar-refractivity contribution in [2.24, 2.45) is 0 Å². The van der Waals surface area contributed by atoms with Crippen LogP contribution in [0.4, 0.5) is 0 Å². The van der Waals surface area contributed by atoms with Crippen LogP contribution in [-0.4, -0.2) is 6.61 Å². The maximum atomic E-state index is 6.79. The van der Waals surface area contributed by atoms with Crippen LogP contribution in [0.25, 0.3) is 31.3 Å². The molecule has 0 aliphatic carbocycles. The molecule has 0 aliphatic heterocycles. The third kappa shape index (κ3) is 4.62. The lowest BCUT2D eigenvalue weighted by molar-refractivity contribution is 0.0216. The fraction of sp³-hybridized carbons (Fsp3) is 0.0909. The lowest BCUT2D eigenvalue weighted by atomic mass is 9.79. The van der Waals surface area contributed by atoms with Gasteiger partial charge in [0.05, 0.1) is 0 Å². The summed E-state index contributed by atoms with van der Waals surface area (Å²) in [5, 5.41) is 6.37. The summed E-state index contributed by atoms with van der Waals surface area (Å²) in [7, 11) is 0. The summed E-state index contributed by atoms with van der Waals surface area (Å²) < 4.78 is 6.79. The van der Waals surface area contributed by atoms with Gasteiger partial charge in [0, 0.05) is 21.2 Å². The van der Waals surface area contributed by atoms with Gasteiger partial charge in [-0.1, -0.05) is 91.0 Å². The first kappa shape index (κ1) is 24.1. The van der Waals surface area contributed by atoms with Crippen molar-refractivity contribution in [2.75, 3.05) is 6.61 Å². The molecule has 182 valence electrons. The van der Waals surface area contributed by atoms with Gasteiger partial charge in [-0.05, 0) is 74.6 Å². The Balaban J connectivity index is 1.49. The molecule has 3 aromatic heterocycles. The average molecular weight is 535 g/mol. The number of hydrogen-bond donors (Lipinski definition) is 0. The fourth-order valence-corrected chi connectivity index (χ4v) is 7.10. The van der Waals surface area contributed by atoms with Crippen LogP contribution in [0, 0.1) is 0 Å². The SMILES string of the molecule is CCOC(c1ccc(-c2cccs2)cc1)(c1ccc(-c2cccs2)cc1)c1ccc(-c2cccs2)cc1. The van der Waals surface area contributed by atoms with Gasteiger partial charge in [-0.15, -0.1) is 34.0 Å². The van der Waals surface area contributed by atoms with Crippen LogP contribution in [0.5, 0.6) is 0 Å². The second-order valence-corrected chi connectivity index (χ2v) is 11.6. The van der Waals surface area contributed by atoms with E-state index in [2.05, 4.69) is 132 Å². The van der Waals surface area contributed by atoms with Gasteiger partial charge in [-0.3, -0.25) is 0 Å². The molecule has 0 atom stereocenters. The predicted molar refractivity (Wildman–Crippen MR) is 161 cm³/mol. The minimum atomic E-state index is -0.718. The highest BCUT2D eigenvalue weighted by atomic mass is 32.1. The molecule has 0 amide bonds. The molecule has 0 fully saturated rings. The molecular formula is C33H26OS3. The van der Waals surface area contributed by atoms with Crippen molar-refractivity contribution in [3.63, 3.8) is 0 Å². The minimum Gasteiger partial charge on any atom is -0.361 e. The summed E-state index contributed by atoms with van der Waals surface area (Å²) in [5.41, 5.74) is 6.35. The van der Waals surface area contributed by atoms with E-state index in [0.717, 1.165) is 16.7 Å². The topological polar surface area (TPSA) is 9.23 Å². The number of thiophene rings is 3. The summed E-state index contributed by atoms with van der Waals surface area (Å²) in [6.07, 6.45) is 0. The monoisotopic (exact) mass is 534 g/mol. The van der Waals surface area contributed by atoms with Gasteiger partial charge in [0.25, 0.3) is 0 Å². The van der Waals surface area contributed by atoms with Crippen LogP contribution in [0.3, 0.4) is 0 Å². The second-order valence-electron chi connectivity index (χ2n) is 8.78. The molecule has 37 heavy (non-hydrogen) atoms. The van der Waals surface area contributed by atoms with Crippen molar-refractivity contribution >= 4 is 34.0 Å². The highest BCUT2D eigenvalue weighted by Gasteiger charge is 2.37. The zero-order valence-electron chi connectivity index (χ0n) is 20.5. The second kappa shape index (κ2) is 10.6. The zero-order chi connectivity index (χ0) is 25.1. The molecule has 4 heteroatoms. The molecule has 6 aromatic rings. The van der Waals surface area contributed by atoms with Crippen LogP contribution in [-0.2, 0) is 10.3 Å². The molecular weight excluding hydrogens is 509 g/mol. The molecule has 0 radical (unpaired) electrons. The zero-order valence-corrected chi connectivity index (χ0v) is 22.9. The molecule has 3 aromatic carbocycles. The smallest absolute Gasteiger partial charge is 0.143 e. The van der Waals surface area contributed by atoms with Gasteiger partial charge in [0.2, 0.25) is 0 Å². The van der Waals surface area contributed by atoms with E-state index in [1.54, 1.807) is 34.0 Å². The number of benzene rings is 3. The Labute approximate surface area is 230 Å². The van der Waals surface area contributed by atoms with E-state index in [4.69, 9.17) is 4.74 Å². The Morgan fingerprint density at radius 3 is 1.05 bits per heavy atom. The fourth-order valence-electron chi connectivity index (χ4n) is 4.90. The van der Waals surface area contributed by atoms with Crippen molar-refractivity contribution in [1.29, 1.82) is 0 Å². The molecule has 0 aliphatic rings. The first-order valence-corrected chi connectivity index (χ1v) is 15.0. The lowest BCUT2D eigenvalue weighted by Crippen LogP contribution is -2.33. The van der Waals surface area contributed by atoms with Gasteiger partial charge in [-0.2, -0.15) is 0 Å². The Kier molecular flexibility index (Phi) is 6.90. The van der Waals surface area contributed by atoms with Crippen molar-refractivity contribution in [3.8, 4) is 31.3 Å². The first-order chi connectivity index (χ1) is 18.3. The van der Waals surface area contributed by atoms with Crippen LogP contribution in [0.2, 0.25) is 0 Å². The Hall–Kier alpha value is -3.28. The van der Waals surface area contributed by atoms with Crippen LogP contribution >= 0.6 is 34.0 Å². The Bertz CT molecular complexity index is 1340.